The van der Waals surface area contributed by atoms with Crippen LogP contribution in [0.1, 0.15) is 5.56 Å². The number of rotatable bonds is 5. The Bertz CT molecular complexity index is 886. The molecule has 0 atom stereocenters. The Morgan fingerprint density at radius 2 is 1.79 bits per heavy atom. The summed E-state index contributed by atoms with van der Waals surface area (Å²) in [6, 6.07) is 6.61. The van der Waals surface area contributed by atoms with E-state index in [2.05, 4.69) is 15.3 Å². The van der Waals surface area contributed by atoms with Gasteiger partial charge >= 0.3 is 0 Å². The molecule has 4 nitrogen and oxygen atoms in total. The fraction of sp³-hybridized carbons (Fsp3) is 0.176. The second kappa shape index (κ2) is 6.74. The van der Waals surface area contributed by atoms with Gasteiger partial charge in [-0.3, -0.25) is 0 Å². The van der Waals surface area contributed by atoms with Gasteiger partial charge in [0.25, 0.3) is 0 Å². The molecule has 3 rings (SSSR count). The zero-order valence-corrected chi connectivity index (χ0v) is 12.8. The van der Waals surface area contributed by atoms with Crippen LogP contribution < -0.4 is 10.1 Å². The van der Waals surface area contributed by atoms with E-state index in [1.807, 2.05) is 0 Å². The summed E-state index contributed by atoms with van der Waals surface area (Å²) in [6.45, 7) is 0.297. The summed E-state index contributed by atoms with van der Waals surface area (Å²) in [5.74, 6) is -1.03. The second-order valence-corrected chi connectivity index (χ2v) is 5.11. The summed E-state index contributed by atoms with van der Waals surface area (Å²) in [4.78, 5) is 7.71. The van der Waals surface area contributed by atoms with Crippen molar-refractivity contribution in [2.75, 3.05) is 19.0 Å². The lowest BCUT2D eigenvalue weighted by Gasteiger charge is -2.10. The normalized spacial score (nSPS) is 10.8. The predicted octanol–water partition coefficient (Wildman–Crippen LogP) is 3.71. The Balaban J connectivity index is 1.78. The highest BCUT2D eigenvalue weighted by Crippen LogP contribution is 2.25. The van der Waals surface area contributed by atoms with Gasteiger partial charge in [0, 0.05) is 12.6 Å². The van der Waals surface area contributed by atoms with Gasteiger partial charge in [0.1, 0.15) is 40.9 Å². The lowest BCUT2D eigenvalue weighted by molar-refractivity contribution is 0.410. The van der Waals surface area contributed by atoms with Crippen LogP contribution >= 0.6 is 0 Å². The number of methoxy groups -OCH3 is 1. The summed E-state index contributed by atoms with van der Waals surface area (Å²) in [6.07, 6.45) is 1.50. The summed E-state index contributed by atoms with van der Waals surface area (Å²) in [5, 5.41) is 2.88. The zero-order chi connectivity index (χ0) is 17.1. The van der Waals surface area contributed by atoms with Gasteiger partial charge in [-0.1, -0.05) is 6.07 Å². The second-order valence-electron chi connectivity index (χ2n) is 5.11. The van der Waals surface area contributed by atoms with Crippen LogP contribution in [0.3, 0.4) is 0 Å². The van der Waals surface area contributed by atoms with Crippen LogP contribution in [0.25, 0.3) is 10.9 Å². The third-order valence-corrected chi connectivity index (χ3v) is 3.64. The minimum Gasteiger partial charge on any atom is -0.497 e. The molecule has 0 radical (unpaired) electrons. The monoisotopic (exact) mass is 333 g/mol. The number of hydrogen-bond acceptors (Lipinski definition) is 4. The minimum atomic E-state index is -0.627. The van der Waals surface area contributed by atoms with Crippen molar-refractivity contribution in [3.8, 4) is 5.75 Å². The first-order chi connectivity index (χ1) is 11.6. The van der Waals surface area contributed by atoms with Crippen LogP contribution in [0, 0.1) is 17.5 Å². The smallest absolute Gasteiger partial charge is 0.149 e. The number of nitrogens with zero attached hydrogens (tertiary/aromatic N) is 2. The predicted molar refractivity (Wildman–Crippen MR) is 84.6 cm³/mol. The third-order valence-electron chi connectivity index (χ3n) is 3.64. The van der Waals surface area contributed by atoms with E-state index in [0.29, 0.717) is 24.3 Å². The Hall–Kier alpha value is -2.83. The third kappa shape index (κ3) is 3.10. The molecule has 0 saturated carbocycles. The molecule has 0 aliphatic heterocycles. The Kier molecular flexibility index (Phi) is 4.50. The van der Waals surface area contributed by atoms with Crippen molar-refractivity contribution in [1.82, 2.24) is 9.97 Å². The molecule has 0 unspecified atom stereocenters. The van der Waals surface area contributed by atoms with Crippen molar-refractivity contribution in [3.05, 3.63) is 59.7 Å². The van der Waals surface area contributed by atoms with Crippen LogP contribution in [0.5, 0.6) is 5.75 Å². The van der Waals surface area contributed by atoms with Crippen molar-refractivity contribution in [1.29, 1.82) is 0 Å². The fourth-order valence-corrected chi connectivity index (χ4v) is 2.41. The van der Waals surface area contributed by atoms with E-state index < -0.39 is 11.6 Å². The first-order valence-electron chi connectivity index (χ1n) is 7.25. The first kappa shape index (κ1) is 16.0. The number of nitrogens with one attached hydrogen (secondary N) is 1. The van der Waals surface area contributed by atoms with E-state index >= 15 is 0 Å². The molecule has 3 aromatic rings. The van der Waals surface area contributed by atoms with Crippen LogP contribution in [0.15, 0.2) is 36.7 Å². The van der Waals surface area contributed by atoms with E-state index in [9.17, 15) is 13.2 Å². The summed E-state index contributed by atoms with van der Waals surface area (Å²) in [7, 11) is 1.46. The summed E-state index contributed by atoms with van der Waals surface area (Å²) >= 11 is 0. The van der Waals surface area contributed by atoms with Gasteiger partial charge < -0.3 is 10.1 Å². The topological polar surface area (TPSA) is 47.0 Å². The number of halogens is 3. The molecule has 0 amide bonds. The van der Waals surface area contributed by atoms with Gasteiger partial charge in [-0.05, 0) is 30.2 Å². The Morgan fingerprint density at radius 1 is 1.00 bits per heavy atom. The zero-order valence-electron chi connectivity index (χ0n) is 12.8. The van der Waals surface area contributed by atoms with E-state index in [1.165, 1.54) is 13.2 Å². The molecule has 0 fully saturated rings. The molecule has 0 saturated heterocycles. The molecule has 2 aromatic carbocycles. The van der Waals surface area contributed by atoms with Gasteiger partial charge in [0.15, 0.2) is 0 Å². The van der Waals surface area contributed by atoms with E-state index in [-0.39, 0.29) is 22.5 Å². The highest BCUT2D eigenvalue weighted by atomic mass is 19.1. The average Bonchev–Trinajstić information content (AvgIpc) is 2.59. The summed E-state index contributed by atoms with van der Waals surface area (Å²) < 4.78 is 46.5. The standard InChI is InChI=1S/C17H14F3N3O/c1-24-11-3-2-10(14(20)8-11)6-7-21-17-15-12(18)4-5-13(19)16(15)22-9-23-17/h2-5,8-9H,6-7H2,1H3,(H,21,22,23). The number of fused-ring (bicyclic) bond motifs is 1. The van der Waals surface area contributed by atoms with E-state index in [4.69, 9.17) is 4.74 Å². The SMILES string of the molecule is COc1ccc(CCNc2ncnc3c(F)ccc(F)c23)c(F)c1. The molecule has 0 aliphatic rings. The van der Waals surface area contributed by atoms with Crippen molar-refractivity contribution in [3.63, 3.8) is 0 Å². The number of benzene rings is 2. The number of anilines is 1. The molecule has 124 valence electrons. The van der Waals surface area contributed by atoms with Crippen molar-refractivity contribution in [2.45, 2.75) is 6.42 Å². The quantitative estimate of drug-likeness (QED) is 0.773. The van der Waals surface area contributed by atoms with Gasteiger partial charge in [0.05, 0.1) is 12.5 Å². The molecule has 1 heterocycles. The van der Waals surface area contributed by atoms with E-state index in [0.717, 1.165) is 18.5 Å². The van der Waals surface area contributed by atoms with Gasteiger partial charge in [-0.25, -0.2) is 23.1 Å². The molecular weight excluding hydrogens is 319 g/mol. The number of ether oxygens (including phenoxy) is 1. The molecule has 0 aliphatic carbocycles. The molecule has 1 N–H and O–H groups in total. The highest BCUT2D eigenvalue weighted by molar-refractivity contribution is 5.89. The maximum Gasteiger partial charge on any atom is 0.149 e. The van der Waals surface area contributed by atoms with Gasteiger partial charge in [-0.2, -0.15) is 0 Å². The Labute approximate surface area is 136 Å². The molecule has 0 spiro atoms. The van der Waals surface area contributed by atoms with Crippen LogP contribution in [-0.4, -0.2) is 23.6 Å². The van der Waals surface area contributed by atoms with E-state index in [1.54, 1.807) is 12.1 Å². The van der Waals surface area contributed by atoms with Gasteiger partial charge in [-0.15, -0.1) is 0 Å². The van der Waals surface area contributed by atoms with Crippen LogP contribution in [0.2, 0.25) is 0 Å². The first-order valence-corrected chi connectivity index (χ1v) is 7.25. The summed E-state index contributed by atoms with van der Waals surface area (Å²) in [5.41, 5.74) is 0.386. The molecular formula is C17H14F3N3O. The molecule has 7 heteroatoms. The number of hydrogen-bond donors (Lipinski definition) is 1. The fourth-order valence-electron chi connectivity index (χ4n) is 2.41. The highest BCUT2D eigenvalue weighted by Gasteiger charge is 2.13. The van der Waals surface area contributed by atoms with Crippen LogP contribution in [0.4, 0.5) is 19.0 Å². The van der Waals surface area contributed by atoms with Crippen molar-refractivity contribution >= 4 is 16.7 Å². The average molecular weight is 333 g/mol. The lowest BCUT2D eigenvalue weighted by Crippen LogP contribution is -2.09. The largest absolute Gasteiger partial charge is 0.497 e. The maximum absolute atomic E-state index is 14.0. The van der Waals surface area contributed by atoms with Crippen LogP contribution in [-0.2, 0) is 6.42 Å². The van der Waals surface area contributed by atoms with Gasteiger partial charge in [0.2, 0.25) is 0 Å². The lowest BCUT2D eigenvalue weighted by atomic mass is 10.1. The molecule has 1 aromatic heterocycles. The Morgan fingerprint density at radius 3 is 2.54 bits per heavy atom. The minimum absolute atomic E-state index is 0.0206. The van der Waals surface area contributed by atoms with Crippen molar-refractivity contribution in [2.24, 2.45) is 0 Å². The number of aromatic nitrogens is 2. The molecule has 24 heavy (non-hydrogen) atoms. The molecule has 0 bridgehead atoms. The maximum atomic E-state index is 14.0. The van der Waals surface area contributed by atoms with Crippen molar-refractivity contribution < 1.29 is 17.9 Å².